The van der Waals surface area contributed by atoms with Crippen molar-refractivity contribution in [3.8, 4) is 11.4 Å². The summed E-state index contributed by atoms with van der Waals surface area (Å²) in [6, 6.07) is 5.81. The molecule has 0 bridgehead atoms. The van der Waals surface area contributed by atoms with E-state index >= 15 is 0 Å². The molecular weight excluding hydrogens is 188 g/mol. The fourth-order valence-corrected chi connectivity index (χ4v) is 1.57. The third kappa shape index (κ3) is 1.64. The van der Waals surface area contributed by atoms with Gasteiger partial charge in [-0.25, -0.2) is 4.98 Å². The molecule has 2 aromatic rings. The molecule has 0 saturated heterocycles. The van der Waals surface area contributed by atoms with Crippen LogP contribution in [0.1, 0.15) is 11.5 Å². The van der Waals surface area contributed by atoms with Crippen molar-refractivity contribution < 1.29 is 0 Å². The van der Waals surface area contributed by atoms with Crippen molar-refractivity contribution in [1.82, 2.24) is 14.5 Å². The second-order valence-corrected chi connectivity index (χ2v) is 3.44. The summed E-state index contributed by atoms with van der Waals surface area (Å²) in [6.45, 7) is 2.47. The lowest BCUT2D eigenvalue weighted by Crippen LogP contribution is -2.05. The van der Waals surface area contributed by atoms with Crippen molar-refractivity contribution in [3.63, 3.8) is 0 Å². The van der Waals surface area contributed by atoms with Gasteiger partial charge in [0.15, 0.2) is 0 Å². The van der Waals surface area contributed by atoms with Crippen LogP contribution in [0.25, 0.3) is 11.4 Å². The molecule has 0 radical (unpaired) electrons. The number of hydrogen-bond acceptors (Lipinski definition) is 3. The molecular formula is C11H14N4. The Kier molecular flexibility index (Phi) is 2.51. The monoisotopic (exact) mass is 202 g/mol. The molecule has 4 nitrogen and oxygen atoms in total. The van der Waals surface area contributed by atoms with Crippen LogP contribution in [0.2, 0.25) is 0 Å². The number of nitrogens with zero attached hydrogens (tertiary/aromatic N) is 3. The first-order chi connectivity index (χ1) is 7.24. The van der Waals surface area contributed by atoms with Crippen LogP contribution in [0.5, 0.6) is 0 Å². The molecule has 0 aliphatic carbocycles. The van der Waals surface area contributed by atoms with Crippen LogP contribution < -0.4 is 5.73 Å². The van der Waals surface area contributed by atoms with Crippen molar-refractivity contribution in [3.05, 3.63) is 35.9 Å². The Hall–Kier alpha value is -1.68. The summed E-state index contributed by atoms with van der Waals surface area (Å²) in [6.07, 6.45) is 1.77. The Morgan fingerprint density at radius 1 is 1.40 bits per heavy atom. The van der Waals surface area contributed by atoms with Crippen molar-refractivity contribution in [2.75, 3.05) is 0 Å². The van der Waals surface area contributed by atoms with E-state index in [1.165, 1.54) is 0 Å². The fraction of sp³-hybridized carbons (Fsp3) is 0.273. The van der Waals surface area contributed by atoms with E-state index in [0.29, 0.717) is 6.54 Å². The minimum atomic E-state index is 0.449. The van der Waals surface area contributed by atoms with Crippen LogP contribution in [-0.2, 0) is 13.6 Å². The standard InChI is InChI=1S/C11H14N4/c1-8-11(9-5-3-4-6-13-9)14-10(7-12)15(8)2/h3-6H,7,12H2,1-2H3. The van der Waals surface area contributed by atoms with Crippen LogP contribution in [0.15, 0.2) is 24.4 Å². The van der Waals surface area contributed by atoms with E-state index in [-0.39, 0.29) is 0 Å². The molecule has 2 aromatic heterocycles. The van der Waals surface area contributed by atoms with Gasteiger partial charge in [0.1, 0.15) is 11.5 Å². The van der Waals surface area contributed by atoms with Gasteiger partial charge < -0.3 is 10.3 Å². The Balaban J connectivity index is 2.55. The zero-order valence-electron chi connectivity index (χ0n) is 8.94. The predicted octanol–water partition coefficient (Wildman–Crippen LogP) is 1.25. The molecule has 0 spiro atoms. The smallest absolute Gasteiger partial charge is 0.123 e. The van der Waals surface area contributed by atoms with Gasteiger partial charge in [-0.15, -0.1) is 0 Å². The lowest BCUT2D eigenvalue weighted by molar-refractivity contribution is 0.774. The Morgan fingerprint density at radius 2 is 2.20 bits per heavy atom. The van der Waals surface area contributed by atoms with Crippen LogP contribution in [0.4, 0.5) is 0 Å². The summed E-state index contributed by atoms with van der Waals surface area (Å²) in [7, 11) is 1.97. The molecule has 0 aromatic carbocycles. The van der Waals surface area contributed by atoms with Crippen LogP contribution in [-0.4, -0.2) is 14.5 Å². The summed E-state index contributed by atoms with van der Waals surface area (Å²) in [5.74, 6) is 0.883. The second-order valence-electron chi connectivity index (χ2n) is 3.44. The van der Waals surface area contributed by atoms with Gasteiger partial charge in [-0.05, 0) is 19.1 Å². The molecule has 2 rings (SSSR count). The number of nitrogens with two attached hydrogens (primary N) is 1. The van der Waals surface area contributed by atoms with E-state index in [0.717, 1.165) is 22.9 Å². The maximum absolute atomic E-state index is 5.61. The summed E-state index contributed by atoms with van der Waals surface area (Å²) in [4.78, 5) is 8.76. The molecule has 78 valence electrons. The Bertz CT molecular complexity index is 459. The maximum Gasteiger partial charge on any atom is 0.123 e. The molecule has 15 heavy (non-hydrogen) atoms. The SMILES string of the molecule is Cc1c(-c2ccccn2)nc(CN)n1C. The van der Waals surface area contributed by atoms with E-state index in [4.69, 9.17) is 5.73 Å². The zero-order valence-corrected chi connectivity index (χ0v) is 8.94. The van der Waals surface area contributed by atoms with Crippen LogP contribution >= 0.6 is 0 Å². The first-order valence-electron chi connectivity index (χ1n) is 4.87. The summed E-state index contributed by atoms with van der Waals surface area (Å²) >= 11 is 0. The zero-order chi connectivity index (χ0) is 10.8. The highest BCUT2D eigenvalue weighted by atomic mass is 15.1. The summed E-state index contributed by atoms with van der Waals surface area (Å²) < 4.78 is 2.00. The quantitative estimate of drug-likeness (QED) is 0.797. The highest BCUT2D eigenvalue weighted by Gasteiger charge is 2.11. The fourth-order valence-electron chi connectivity index (χ4n) is 1.57. The van der Waals surface area contributed by atoms with E-state index in [9.17, 15) is 0 Å². The number of rotatable bonds is 2. The van der Waals surface area contributed by atoms with Crippen LogP contribution in [0, 0.1) is 6.92 Å². The van der Waals surface area contributed by atoms with Crippen molar-refractivity contribution in [1.29, 1.82) is 0 Å². The van der Waals surface area contributed by atoms with Crippen molar-refractivity contribution >= 4 is 0 Å². The molecule has 0 unspecified atom stereocenters. The number of aromatic nitrogens is 3. The van der Waals surface area contributed by atoms with Crippen molar-refractivity contribution in [2.24, 2.45) is 12.8 Å². The molecule has 0 aliphatic heterocycles. The van der Waals surface area contributed by atoms with Gasteiger partial charge in [-0.3, -0.25) is 4.98 Å². The number of hydrogen-bond donors (Lipinski definition) is 1. The summed E-state index contributed by atoms with van der Waals surface area (Å²) in [5, 5.41) is 0. The van der Waals surface area contributed by atoms with Crippen LogP contribution in [0.3, 0.4) is 0 Å². The highest BCUT2D eigenvalue weighted by molar-refractivity contribution is 5.57. The molecule has 0 amide bonds. The lowest BCUT2D eigenvalue weighted by Gasteiger charge is -1.99. The summed E-state index contributed by atoms with van der Waals surface area (Å²) in [5.41, 5.74) is 8.51. The first-order valence-corrected chi connectivity index (χ1v) is 4.87. The molecule has 0 fully saturated rings. The first kappa shape index (κ1) is 9.86. The number of pyridine rings is 1. The predicted molar refractivity (Wildman–Crippen MR) is 59.1 cm³/mol. The van der Waals surface area contributed by atoms with Gasteiger partial charge in [0.25, 0.3) is 0 Å². The Morgan fingerprint density at radius 3 is 2.73 bits per heavy atom. The molecule has 0 saturated carbocycles. The molecule has 4 heteroatoms. The van der Waals surface area contributed by atoms with E-state index in [1.54, 1.807) is 6.20 Å². The molecule has 2 N–H and O–H groups in total. The van der Waals surface area contributed by atoms with Gasteiger partial charge in [-0.2, -0.15) is 0 Å². The second kappa shape index (κ2) is 3.82. The van der Waals surface area contributed by atoms with Crippen molar-refractivity contribution in [2.45, 2.75) is 13.5 Å². The minimum Gasteiger partial charge on any atom is -0.334 e. The van der Waals surface area contributed by atoms with Gasteiger partial charge in [0, 0.05) is 18.9 Å². The average molecular weight is 202 g/mol. The number of imidazole rings is 1. The van der Waals surface area contributed by atoms with Gasteiger partial charge in [0.2, 0.25) is 0 Å². The lowest BCUT2D eigenvalue weighted by atomic mass is 10.2. The van der Waals surface area contributed by atoms with E-state index < -0.39 is 0 Å². The van der Waals surface area contributed by atoms with E-state index in [2.05, 4.69) is 9.97 Å². The third-order valence-corrected chi connectivity index (χ3v) is 2.56. The molecule has 0 aliphatic rings. The normalized spacial score (nSPS) is 10.6. The average Bonchev–Trinajstić information content (AvgIpc) is 2.57. The molecule has 0 atom stereocenters. The molecule has 2 heterocycles. The topological polar surface area (TPSA) is 56.7 Å². The van der Waals surface area contributed by atoms with Gasteiger partial charge in [0.05, 0.1) is 12.2 Å². The van der Waals surface area contributed by atoms with Gasteiger partial charge in [-0.1, -0.05) is 6.07 Å². The van der Waals surface area contributed by atoms with Gasteiger partial charge >= 0.3 is 0 Å². The third-order valence-electron chi connectivity index (χ3n) is 2.56. The van der Waals surface area contributed by atoms with E-state index in [1.807, 2.05) is 36.7 Å². The maximum atomic E-state index is 5.61. The Labute approximate surface area is 88.8 Å². The minimum absolute atomic E-state index is 0.449. The highest BCUT2D eigenvalue weighted by Crippen LogP contribution is 2.20. The largest absolute Gasteiger partial charge is 0.334 e.